The van der Waals surface area contributed by atoms with Crippen molar-refractivity contribution in [2.45, 2.75) is 294 Å². The molecule has 0 spiro atoms. The Bertz CT molecular complexity index is 2530. The number of hydrogen-bond acceptors (Lipinski definition) is 34. The van der Waals surface area contributed by atoms with E-state index in [1.807, 2.05) is 6.92 Å². The molecule has 0 aromatic heterocycles. The Morgan fingerprint density at radius 2 is 0.888 bits per heavy atom. The first kappa shape index (κ1) is 77.7. The summed E-state index contributed by atoms with van der Waals surface area (Å²) in [6.45, 7) is 4.12. The molecule has 7 unspecified atom stereocenters. The van der Waals surface area contributed by atoms with Crippen LogP contribution in [0.4, 0.5) is 0 Å². The second kappa shape index (κ2) is 31.6. The van der Waals surface area contributed by atoms with Crippen LogP contribution in [0, 0.1) is 52.3 Å². The molecule has 7 aliphatic heterocycles. The molecule has 34 nitrogen and oxygen atoms in total. The Morgan fingerprint density at radius 3 is 1.45 bits per heavy atom. The summed E-state index contributed by atoms with van der Waals surface area (Å²) in [4.78, 5) is 0. The molecule has 0 radical (unpaired) electrons. The van der Waals surface area contributed by atoms with Crippen LogP contribution < -0.4 is 0 Å². The van der Waals surface area contributed by atoms with Gasteiger partial charge in [-0.25, -0.2) is 0 Å². The molecule has 11 aliphatic rings. The van der Waals surface area contributed by atoms with E-state index in [0.29, 0.717) is 43.4 Å². The van der Waals surface area contributed by atoms with Crippen LogP contribution in [0.3, 0.4) is 0 Å². The average molecular weight is 1420 g/mol. The highest BCUT2D eigenvalue weighted by Crippen LogP contribution is 2.71. The highest BCUT2D eigenvalue weighted by Gasteiger charge is 2.69. The highest BCUT2D eigenvalue weighted by atomic mass is 16.8. The summed E-state index contributed by atoms with van der Waals surface area (Å²) in [5.74, 6) is 0.897. The van der Waals surface area contributed by atoms with Crippen molar-refractivity contribution in [3.05, 3.63) is 0 Å². The Labute approximate surface area is 566 Å². The van der Waals surface area contributed by atoms with E-state index >= 15 is 0 Å². The molecular weight excluding hydrogens is 1310 g/mol. The molecule has 0 amide bonds. The third-order valence-electron chi connectivity index (χ3n) is 24.6. The quantitative estimate of drug-likeness (QED) is 0.0423. The number of fused-ring (bicyclic) bond motifs is 7. The number of rotatable bonds is 23. The van der Waals surface area contributed by atoms with Gasteiger partial charge in [0, 0.05) is 19.4 Å². The van der Waals surface area contributed by atoms with Crippen LogP contribution in [0.1, 0.15) is 91.9 Å². The molecule has 20 N–H and O–H groups in total. The second-order valence-corrected chi connectivity index (χ2v) is 30.1. The summed E-state index contributed by atoms with van der Waals surface area (Å²) in [5.41, 5.74) is -0.0829. The van der Waals surface area contributed by atoms with Crippen LogP contribution >= 0.6 is 0 Å². The normalized spacial score (nSPS) is 54.7. The zero-order valence-corrected chi connectivity index (χ0v) is 55.7. The molecule has 34 heteroatoms. The van der Waals surface area contributed by atoms with Gasteiger partial charge in [-0.15, -0.1) is 0 Å². The molecule has 7 saturated heterocycles. The lowest BCUT2D eigenvalue weighted by Crippen LogP contribution is -2.68. The van der Waals surface area contributed by atoms with Crippen LogP contribution in [0.15, 0.2) is 0 Å². The Balaban J connectivity index is 0.750. The molecule has 4 aliphatic carbocycles. The molecule has 0 bridgehead atoms. The fourth-order valence-electron chi connectivity index (χ4n) is 18.8. The van der Waals surface area contributed by atoms with Gasteiger partial charge in [0.2, 0.25) is 0 Å². The van der Waals surface area contributed by atoms with Crippen molar-refractivity contribution in [1.29, 1.82) is 0 Å². The molecule has 11 rings (SSSR count). The first-order chi connectivity index (χ1) is 46.5. The van der Waals surface area contributed by atoms with Crippen LogP contribution in [-0.4, -0.2) is 358 Å². The van der Waals surface area contributed by atoms with Gasteiger partial charge >= 0.3 is 0 Å². The van der Waals surface area contributed by atoms with Gasteiger partial charge in [-0.1, -0.05) is 27.7 Å². The van der Waals surface area contributed by atoms with Crippen LogP contribution in [0.5, 0.6) is 0 Å². The smallest absolute Gasteiger partial charge is 0.187 e. The Hall–Kier alpha value is -1.36. The topological polar surface area (TPSA) is 534 Å². The third kappa shape index (κ3) is 14.5. The zero-order chi connectivity index (χ0) is 70.9. The fourth-order valence-corrected chi connectivity index (χ4v) is 18.8. The zero-order valence-electron chi connectivity index (χ0n) is 55.7. The van der Waals surface area contributed by atoms with Gasteiger partial charge in [-0.05, 0) is 104 Å². The van der Waals surface area contributed by atoms with E-state index in [9.17, 15) is 102 Å². The minimum Gasteiger partial charge on any atom is -0.394 e. The number of methoxy groups -OCH3 is 1. The molecule has 0 aromatic carbocycles. The van der Waals surface area contributed by atoms with Crippen molar-refractivity contribution in [3.63, 3.8) is 0 Å². The summed E-state index contributed by atoms with van der Waals surface area (Å²) >= 11 is 0. The van der Waals surface area contributed by atoms with Crippen molar-refractivity contribution in [1.82, 2.24) is 0 Å². The van der Waals surface area contributed by atoms with E-state index < -0.39 is 236 Å². The van der Waals surface area contributed by atoms with Crippen LogP contribution in [0.2, 0.25) is 0 Å². The van der Waals surface area contributed by atoms with Gasteiger partial charge in [0.15, 0.2) is 43.5 Å². The van der Waals surface area contributed by atoms with E-state index in [1.165, 1.54) is 0 Å². The van der Waals surface area contributed by atoms with E-state index in [2.05, 4.69) is 20.8 Å². The molecular formula is C64H108O34. The van der Waals surface area contributed by atoms with Gasteiger partial charge in [-0.3, -0.25) is 0 Å². The monoisotopic (exact) mass is 1420 g/mol. The Morgan fingerprint density at radius 1 is 0.429 bits per heavy atom. The summed E-state index contributed by atoms with van der Waals surface area (Å²) in [7, 11) is 1.70. The number of aliphatic hydroxyl groups excluding tert-OH is 20. The molecule has 0 aromatic rings. The first-order valence-electron chi connectivity index (χ1n) is 34.8. The lowest BCUT2D eigenvalue weighted by atomic mass is 9.44. The van der Waals surface area contributed by atoms with Crippen LogP contribution in [-0.2, 0) is 66.3 Å². The Kier molecular flexibility index (Phi) is 25.1. The summed E-state index contributed by atoms with van der Waals surface area (Å²) in [6, 6.07) is 0. The maximum atomic E-state index is 11.9. The predicted molar refractivity (Wildman–Crippen MR) is 322 cm³/mol. The second-order valence-electron chi connectivity index (χ2n) is 30.1. The maximum absolute atomic E-state index is 11.9. The first-order valence-corrected chi connectivity index (χ1v) is 34.8. The lowest BCUT2D eigenvalue weighted by Gasteiger charge is -2.61. The number of hydrogen-bond donors (Lipinski definition) is 20. The summed E-state index contributed by atoms with van der Waals surface area (Å²) in [6.07, 6.45) is -46.7. The van der Waals surface area contributed by atoms with E-state index in [4.69, 9.17) is 66.3 Å². The highest BCUT2D eigenvalue weighted by molar-refractivity contribution is 5.16. The van der Waals surface area contributed by atoms with Crippen molar-refractivity contribution in [2.75, 3.05) is 53.4 Å². The lowest BCUT2D eigenvalue weighted by molar-refractivity contribution is -0.408. The number of ether oxygens (including phenoxy) is 14. The third-order valence-corrected chi connectivity index (χ3v) is 24.6. The van der Waals surface area contributed by atoms with E-state index in [-0.39, 0.29) is 47.2 Å². The molecule has 11 fully saturated rings. The largest absolute Gasteiger partial charge is 0.394 e. The summed E-state index contributed by atoms with van der Waals surface area (Å²) < 4.78 is 85.3. The fraction of sp³-hybridized carbons (Fsp3) is 1.00. The molecule has 7 heterocycles. The molecule has 568 valence electrons. The van der Waals surface area contributed by atoms with Gasteiger partial charge in [0.25, 0.3) is 0 Å². The van der Waals surface area contributed by atoms with Crippen molar-refractivity contribution in [2.24, 2.45) is 52.3 Å². The maximum Gasteiger partial charge on any atom is 0.187 e. The van der Waals surface area contributed by atoms with Gasteiger partial charge in [0.05, 0.1) is 58.5 Å². The predicted octanol–water partition coefficient (Wildman–Crippen LogP) is -7.65. The van der Waals surface area contributed by atoms with E-state index in [1.54, 1.807) is 7.11 Å². The average Bonchev–Trinajstić information content (AvgIpc) is 1.52. The van der Waals surface area contributed by atoms with Gasteiger partial charge in [0.1, 0.15) is 146 Å². The minimum atomic E-state index is -2.14. The minimum absolute atomic E-state index is 0.0171. The standard InChI is InChI=1S/C64H108O34/c1-23(21-86-56-49(81)44(76)38(70)31(16-65)89-56)8-13-64(85-5)24(2)37-30(98-64)15-29-27-7-6-25-14-26(9-11-62(25,3)28(27)10-12-63(29,37)4)88-57-50(82)47(79)42(74)36(94-57)22-87-60-55(53(43(75)35(20-69)92-60)95-58-51(83)45(77)39(71)32(17-66)90-58)97-61-54(48(80)41(73)34(19-68)93-61)96-59-52(84)46(78)40(72)33(18-67)91-59/h23-61,65-84H,6-22H2,1-5H3/t23-,24+,25?,26?,27?,28?,29?,30?,31+,32+,33+,34+,35+,36+,37?,38+,39+,40+,41+,42-,43+,44-,45-,46-,47-,48-,49+,50+,51+,52+,53-,54+,55+,56+,57+,58-,59-,60+,61-,62-,63-,64+/m0/s1. The van der Waals surface area contributed by atoms with Crippen molar-refractivity contribution >= 4 is 0 Å². The van der Waals surface area contributed by atoms with Gasteiger partial charge < -0.3 is 168 Å². The van der Waals surface area contributed by atoms with Gasteiger partial charge in [-0.2, -0.15) is 0 Å². The van der Waals surface area contributed by atoms with Crippen LogP contribution in [0.25, 0.3) is 0 Å². The number of aliphatic hydroxyl groups is 20. The van der Waals surface area contributed by atoms with Crippen molar-refractivity contribution in [3.8, 4) is 0 Å². The molecule has 4 saturated carbocycles. The molecule has 42 atom stereocenters. The summed E-state index contributed by atoms with van der Waals surface area (Å²) in [5, 5.41) is 215. The SMILES string of the molecule is CO[C@]1(CC[C@H](C)CO[C@@H]2O[C@H](CO)[C@@H](O)[C@H](O)[C@H]2O)OC2CC3C4CCC5CC(O[C@@H]6O[C@H](CO[C@@H]7O[C@H](CO)[C@@H](O)[C@H](O[C@@H]8O[C@H](CO)[C@@H](O)[C@H](O)[C@H]8O)[C@H]7O[C@@H]7O[C@H](CO)[C@@H](O)[C@H](O)[C@H]7O[C@@H]7O[C@H](CO)[C@@H](O)[C@H](O)[C@H]7O)[C@H](O)[C@H](O)[C@H]6O)CC[C@]5(C)C4CC[C@]3(C)C2[C@H]1C. The van der Waals surface area contributed by atoms with Crippen molar-refractivity contribution < 1.29 is 168 Å². The van der Waals surface area contributed by atoms with E-state index in [0.717, 1.165) is 38.5 Å². The molecule has 98 heavy (non-hydrogen) atoms.